The Morgan fingerprint density at radius 2 is 2.15 bits per heavy atom. The zero-order valence-corrected chi connectivity index (χ0v) is 15.6. The van der Waals surface area contributed by atoms with Crippen LogP contribution in [0.5, 0.6) is 5.75 Å². The van der Waals surface area contributed by atoms with E-state index in [-0.39, 0.29) is 12.5 Å². The lowest BCUT2D eigenvalue weighted by molar-refractivity contribution is -0.154. The Kier molecular flexibility index (Phi) is 7.26. The number of carbonyl (C=O) groups excluding carboxylic acids is 3. The SMILES string of the molecule is CCCNC(=O)[C@H](C)NC(=O)COC(=O)[C@H]1COc2ccc(Cl)cc2C1. The van der Waals surface area contributed by atoms with Crippen molar-refractivity contribution in [3.63, 3.8) is 0 Å². The molecule has 142 valence electrons. The summed E-state index contributed by atoms with van der Waals surface area (Å²) in [4.78, 5) is 35.7. The first-order chi connectivity index (χ1) is 12.4. The molecule has 1 aromatic carbocycles. The van der Waals surface area contributed by atoms with Crippen molar-refractivity contribution in [2.45, 2.75) is 32.7 Å². The van der Waals surface area contributed by atoms with Gasteiger partial charge in [-0.25, -0.2) is 0 Å². The highest BCUT2D eigenvalue weighted by atomic mass is 35.5. The Labute approximate surface area is 157 Å². The maximum absolute atomic E-state index is 12.2. The molecule has 26 heavy (non-hydrogen) atoms. The minimum Gasteiger partial charge on any atom is -0.492 e. The van der Waals surface area contributed by atoms with Gasteiger partial charge < -0.3 is 20.1 Å². The molecule has 2 amide bonds. The second-order valence-corrected chi connectivity index (χ2v) is 6.59. The molecule has 8 heteroatoms. The van der Waals surface area contributed by atoms with E-state index in [0.29, 0.717) is 23.7 Å². The standard InChI is InChI=1S/C18H23ClN2O5/c1-3-6-20-17(23)11(2)21-16(22)10-26-18(24)13-7-12-8-14(19)4-5-15(12)25-9-13/h4-5,8,11,13H,3,6-7,9-10H2,1-2H3,(H,20,23)(H,21,22)/t11-,13+/m0/s1. The second kappa shape index (κ2) is 9.43. The van der Waals surface area contributed by atoms with Gasteiger partial charge in [0.2, 0.25) is 5.91 Å². The first-order valence-electron chi connectivity index (χ1n) is 8.55. The Morgan fingerprint density at radius 1 is 1.38 bits per heavy atom. The maximum atomic E-state index is 12.2. The lowest BCUT2D eigenvalue weighted by atomic mass is 9.97. The number of esters is 1. The van der Waals surface area contributed by atoms with Crippen molar-refractivity contribution in [1.82, 2.24) is 10.6 Å². The number of hydrogen-bond acceptors (Lipinski definition) is 5. The van der Waals surface area contributed by atoms with Gasteiger partial charge in [-0.15, -0.1) is 0 Å². The van der Waals surface area contributed by atoms with Gasteiger partial charge in [-0.05, 0) is 43.5 Å². The minimum atomic E-state index is -0.695. The number of amides is 2. The van der Waals surface area contributed by atoms with E-state index < -0.39 is 30.4 Å². The fourth-order valence-corrected chi connectivity index (χ4v) is 2.71. The monoisotopic (exact) mass is 382 g/mol. The Hall–Kier alpha value is -2.28. The van der Waals surface area contributed by atoms with Gasteiger partial charge >= 0.3 is 5.97 Å². The van der Waals surface area contributed by atoms with Crippen molar-refractivity contribution in [3.8, 4) is 5.75 Å². The predicted octanol–water partition coefficient (Wildman–Crippen LogP) is 1.47. The van der Waals surface area contributed by atoms with Crippen molar-refractivity contribution in [1.29, 1.82) is 0 Å². The molecule has 2 rings (SSSR count). The van der Waals surface area contributed by atoms with Crippen molar-refractivity contribution >= 4 is 29.4 Å². The maximum Gasteiger partial charge on any atom is 0.313 e. The third-order valence-electron chi connectivity index (χ3n) is 3.93. The highest BCUT2D eigenvalue weighted by Gasteiger charge is 2.28. The van der Waals surface area contributed by atoms with Crippen LogP contribution in [0.25, 0.3) is 0 Å². The molecule has 0 saturated heterocycles. The van der Waals surface area contributed by atoms with E-state index in [1.165, 1.54) is 0 Å². The fraction of sp³-hybridized carbons (Fsp3) is 0.500. The summed E-state index contributed by atoms with van der Waals surface area (Å²) in [5, 5.41) is 5.74. The van der Waals surface area contributed by atoms with Crippen molar-refractivity contribution in [2.24, 2.45) is 5.92 Å². The van der Waals surface area contributed by atoms with Gasteiger partial charge in [0.05, 0.1) is 5.92 Å². The third kappa shape index (κ3) is 5.62. The Bertz CT molecular complexity index is 680. The zero-order valence-electron chi connectivity index (χ0n) is 14.8. The molecule has 1 aliphatic heterocycles. The fourth-order valence-electron chi connectivity index (χ4n) is 2.52. The molecular weight excluding hydrogens is 360 g/mol. The molecule has 0 radical (unpaired) electrons. The van der Waals surface area contributed by atoms with Crippen LogP contribution >= 0.6 is 11.6 Å². The second-order valence-electron chi connectivity index (χ2n) is 6.15. The summed E-state index contributed by atoms with van der Waals surface area (Å²) in [7, 11) is 0. The smallest absolute Gasteiger partial charge is 0.313 e. The lowest BCUT2D eigenvalue weighted by Gasteiger charge is -2.24. The van der Waals surface area contributed by atoms with Gasteiger partial charge in [0.15, 0.2) is 6.61 Å². The van der Waals surface area contributed by atoms with Crippen LogP contribution < -0.4 is 15.4 Å². The molecule has 2 N–H and O–H groups in total. The molecule has 7 nitrogen and oxygen atoms in total. The quantitative estimate of drug-likeness (QED) is 0.696. The number of ether oxygens (including phenoxy) is 2. The van der Waals surface area contributed by atoms with Gasteiger partial charge in [0.1, 0.15) is 18.4 Å². The Balaban J connectivity index is 1.78. The van der Waals surface area contributed by atoms with E-state index in [1.807, 2.05) is 6.92 Å². The van der Waals surface area contributed by atoms with Gasteiger partial charge in [0, 0.05) is 11.6 Å². The molecule has 1 aliphatic rings. The molecule has 0 saturated carbocycles. The summed E-state index contributed by atoms with van der Waals surface area (Å²) in [5.41, 5.74) is 0.830. The molecule has 0 fully saturated rings. The normalized spacial score (nSPS) is 16.7. The summed E-state index contributed by atoms with van der Waals surface area (Å²) in [6.07, 6.45) is 1.24. The van der Waals surface area contributed by atoms with E-state index in [2.05, 4.69) is 10.6 Å². The molecule has 0 aliphatic carbocycles. The van der Waals surface area contributed by atoms with Gasteiger partial charge in [0.25, 0.3) is 5.91 Å². The minimum absolute atomic E-state index is 0.185. The zero-order chi connectivity index (χ0) is 19.1. The van der Waals surface area contributed by atoms with Crippen LogP contribution in [0.15, 0.2) is 18.2 Å². The molecule has 1 heterocycles. The molecule has 2 atom stereocenters. The molecule has 0 bridgehead atoms. The summed E-state index contributed by atoms with van der Waals surface area (Å²) in [6, 6.07) is 4.54. The largest absolute Gasteiger partial charge is 0.492 e. The van der Waals surface area contributed by atoms with E-state index in [4.69, 9.17) is 21.1 Å². The van der Waals surface area contributed by atoms with Crippen LogP contribution in [0, 0.1) is 5.92 Å². The molecular formula is C18H23ClN2O5. The summed E-state index contributed by atoms with van der Waals surface area (Å²) in [6.45, 7) is 3.79. The molecule has 1 aromatic rings. The van der Waals surface area contributed by atoms with Gasteiger partial charge in [-0.1, -0.05) is 18.5 Å². The summed E-state index contributed by atoms with van der Waals surface area (Å²) < 4.78 is 10.6. The van der Waals surface area contributed by atoms with Crippen molar-refractivity contribution in [2.75, 3.05) is 19.8 Å². The predicted molar refractivity (Wildman–Crippen MR) is 96.0 cm³/mol. The summed E-state index contributed by atoms with van der Waals surface area (Å²) >= 11 is 5.95. The number of halogens is 1. The number of nitrogens with one attached hydrogen (secondary N) is 2. The highest BCUT2D eigenvalue weighted by Crippen LogP contribution is 2.30. The van der Waals surface area contributed by atoms with Crippen LogP contribution in [0.3, 0.4) is 0 Å². The summed E-state index contributed by atoms with van der Waals surface area (Å²) in [5.74, 6) is -1.13. The average molecular weight is 383 g/mol. The molecule has 0 aromatic heterocycles. The number of carbonyl (C=O) groups is 3. The van der Waals surface area contributed by atoms with Crippen LogP contribution in [0.2, 0.25) is 5.02 Å². The van der Waals surface area contributed by atoms with Crippen molar-refractivity contribution < 1.29 is 23.9 Å². The van der Waals surface area contributed by atoms with E-state index in [1.54, 1.807) is 25.1 Å². The molecule has 0 unspecified atom stereocenters. The number of benzene rings is 1. The van der Waals surface area contributed by atoms with Crippen LogP contribution in [0.4, 0.5) is 0 Å². The molecule has 0 spiro atoms. The first-order valence-corrected chi connectivity index (χ1v) is 8.93. The van der Waals surface area contributed by atoms with E-state index in [0.717, 1.165) is 12.0 Å². The van der Waals surface area contributed by atoms with Gasteiger partial charge in [-0.3, -0.25) is 14.4 Å². The Morgan fingerprint density at radius 3 is 2.88 bits per heavy atom. The highest BCUT2D eigenvalue weighted by molar-refractivity contribution is 6.30. The third-order valence-corrected chi connectivity index (χ3v) is 4.16. The first kappa shape index (κ1) is 20.0. The van der Waals surface area contributed by atoms with Crippen LogP contribution in [-0.2, 0) is 25.5 Å². The topological polar surface area (TPSA) is 93.7 Å². The average Bonchev–Trinajstić information content (AvgIpc) is 2.63. The van der Waals surface area contributed by atoms with Crippen LogP contribution in [-0.4, -0.2) is 43.6 Å². The lowest BCUT2D eigenvalue weighted by Crippen LogP contribution is -2.46. The number of rotatable bonds is 7. The van der Waals surface area contributed by atoms with E-state index in [9.17, 15) is 14.4 Å². The van der Waals surface area contributed by atoms with Gasteiger partial charge in [-0.2, -0.15) is 0 Å². The van der Waals surface area contributed by atoms with E-state index >= 15 is 0 Å². The number of hydrogen-bond donors (Lipinski definition) is 2. The van der Waals surface area contributed by atoms with Crippen LogP contribution in [0.1, 0.15) is 25.8 Å². The number of fused-ring (bicyclic) bond motifs is 1. The van der Waals surface area contributed by atoms with Crippen molar-refractivity contribution in [3.05, 3.63) is 28.8 Å².